The van der Waals surface area contributed by atoms with Gasteiger partial charge in [0.05, 0.1) is 0 Å². The number of unbranched alkanes of at least 4 members (excludes halogenated alkanes) is 1. The van der Waals surface area contributed by atoms with Gasteiger partial charge in [-0.15, -0.1) is 0 Å². The first kappa shape index (κ1) is 11.9. The molecule has 0 aromatic carbocycles. The quantitative estimate of drug-likeness (QED) is 0.381. The van der Waals surface area contributed by atoms with Crippen molar-refractivity contribution in [2.24, 2.45) is 0 Å². The highest BCUT2D eigenvalue weighted by Crippen LogP contribution is 2.04. The molecule has 0 aliphatic rings. The van der Waals surface area contributed by atoms with Crippen LogP contribution in [0.2, 0.25) is 0 Å². The van der Waals surface area contributed by atoms with Crippen molar-refractivity contribution in [3.05, 3.63) is 0 Å². The molecule has 0 unspecified atom stereocenters. The number of thiocarbonyl (C=S) groups is 1. The molecular formula is C8H14O2S2. The molecule has 0 aromatic rings. The van der Waals surface area contributed by atoms with Crippen molar-refractivity contribution in [3.8, 4) is 0 Å². The summed E-state index contributed by atoms with van der Waals surface area (Å²) in [5.74, 6) is 0.0627. The molecule has 0 atom stereocenters. The maximum Gasteiger partial charge on any atom is 0.303 e. The Hall–Kier alpha value is -0.0900. The molecule has 0 bridgehead atoms. The first-order valence-corrected chi connectivity index (χ1v) is 5.05. The second-order valence-corrected chi connectivity index (χ2v) is 3.64. The molecule has 0 aromatic heterocycles. The summed E-state index contributed by atoms with van der Waals surface area (Å²) in [7, 11) is 0. The van der Waals surface area contributed by atoms with Crippen molar-refractivity contribution in [1.82, 2.24) is 0 Å². The molecule has 0 radical (unpaired) electrons. The van der Waals surface area contributed by atoms with E-state index in [1.165, 1.54) is 0 Å². The van der Waals surface area contributed by atoms with Crippen LogP contribution < -0.4 is 0 Å². The number of rotatable bonds is 7. The third-order valence-electron chi connectivity index (χ3n) is 1.49. The Bertz CT molecular complexity index is 157. The molecule has 0 spiro atoms. The third-order valence-corrected chi connectivity index (χ3v) is 2.12. The molecule has 0 amide bonds. The zero-order valence-electron chi connectivity index (χ0n) is 6.95. The molecule has 0 saturated heterocycles. The van der Waals surface area contributed by atoms with Gasteiger partial charge >= 0.3 is 5.97 Å². The van der Waals surface area contributed by atoms with Crippen LogP contribution in [0.3, 0.4) is 0 Å². The summed E-state index contributed by atoms with van der Waals surface area (Å²) < 4.78 is 0. The average molecular weight is 206 g/mol. The van der Waals surface area contributed by atoms with Crippen molar-refractivity contribution in [1.29, 1.82) is 0 Å². The van der Waals surface area contributed by atoms with Crippen molar-refractivity contribution in [3.63, 3.8) is 0 Å². The Balaban J connectivity index is 3.19. The Morgan fingerprint density at radius 1 is 1.25 bits per heavy atom. The minimum atomic E-state index is -0.727. The van der Waals surface area contributed by atoms with Gasteiger partial charge in [0.1, 0.15) is 0 Å². The fourth-order valence-electron chi connectivity index (χ4n) is 0.848. The minimum absolute atomic E-state index is 0.253. The average Bonchev–Trinajstić information content (AvgIpc) is 1.98. The molecule has 0 aliphatic carbocycles. The van der Waals surface area contributed by atoms with E-state index in [2.05, 4.69) is 12.6 Å². The van der Waals surface area contributed by atoms with E-state index in [9.17, 15) is 4.79 Å². The number of thiol groups is 1. The number of hydrogen-bond acceptors (Lipinski definition) is 3. The molecule has 12 heavy (non-hydrogen) atoms. The number of carboxylic acids is 1. The van der Waals surface area contributed by atoms with E-state index in [1.807, 2.05) is 0 Å². The van der Waals surface area contributed by atoms with Crippen LogP contribution >= 0.6 is 24.8 Å². The number of hydrogen-bond donors (Lipinski definition) is 2. The molecule has 0 aliphatic heterocycles. The topological polar surface area (TPSA) is 37.3 Å². The third kappa shape index (κ3) is 8.01. The van der Waals surface area contributed by atoms with Gasteiger partial charge < -0.3 is 5.11 Å². The Morgan fingerprint density at radius 2 is 1.83 bits per heavy atom. The summed E-state index contributed by atoms with van der Waals surface area (Å²) in [6, 6.07) is 0. The van der Waals surface area contributed by atoms with Crippen LogP contribution in [0.5, 0.6) is 0 Å². The van der Waals surface area contributed by atoms with Gasteiger partial charge in [0.25, 0.3) is 0 Å². The standard InChI is InChI=1S/C8H14O2S2/c9-8(10)4-2-1-3-7(12)5-6-11/h11H,1-6H2,(H,9,10). The van der Waals surface area contributed by atoms with Gasteiger partial charge in [-0.2, -0.15) is 12.6 Å². The SMILES string of the molecule is O=C(O)CCCCC(=S)CCS. The van der Waals surface area contributed by atoms with Crippen LogP contribution in [0.15, 0.2) is 0 Å². The first-order valence-electron chi connectivity index (χ1n) is 4.01. The van der Waals surface area contributed by atoms with Crippen molar-refractivity contribution < 1.29 is 9.90 Å². The molecule has 0 heterocycles. The zero-order chi connectivity index (χ0) is 9.40. The molecule has 0 rings (SSSR count). The zero-order valence-corrected chi connectivity index (χ0v) is 8.66. The lowest BCUT2D eigenvalue weighted by molar-refractivity contribution is -0.137. The highest BCUT2D eigenvalue weighted by atomic mass is 32.1. The predicted octanol–water partition coefficient (Wildman–Crippen LogP) is 2.32. The van der Waals surface area contributed by atoms with Gasteiger partial charge in [-0.1, -0.05) is 12.2 Å². The fourth-order valence-corrected chi connectivity index (χ4v) is 1.52. The van der Waals surface area contributed by atoms with E-state index in [0.717, 1.165) is 36.3 Å². The lowest BCUT2D eigenvalue weighted by Gasteiger charge is -1.99. The largest absolute Gasteiger partial charge is 0.481 e. The van der Waals surface area contributed by atoms with Crippen LogP contribution in [0.4, 0.5) is 0 Å². The highest BCUT2D eigenvalue weighted by molar-refractivity contribution is 7.81. The Kier molecular flexibility index (Phi) is 7.50. The maximum atomic E-state index is 10.1. The van der Waals surface area contributed by atoms with Crippen LogP contribution in [0, 0.1) is 0 Å². The lowest BCUT2D eigenvalue weighted by Crippen LogP contribution is -1.98. The summed E-state index contributed by atoms with van der Waals surface area (Å²) in [6.07, 6.45) is 3.60. The normalized spacial score (nSPS) is 9.75. The second-order valence-electron chi connectivity index (χ2n) is 2.61. The first-order chi connectivity index (χ1) is 5.66. The van der Waals surface area contributed by atoms with Gasteiger partial charge in [-0.05, 0) is 36.3 Å². The van der Waals surface area contributed by atoms with Gasteiger partial charge in [-0.25, -0.2) is 0 Å². The van der Waals surface area contributed by atoms with Crippen LogP contribution in [0.25, 0.3) is 0 Å². The molecular weight excluding hydrogens is 192 g/mol. The lowest BCUT2D eigenvalue weighted by atomic mass is 10.1. The molecule has 1 N–H and O–H groups in total. The fraction of sp³-hybridized carbons (Fsp3) is 0.750. The Labute approximate surface area is 83.8 Å². The number of aliphatic carboxylic acids is 1. The summed E-state index contributed by atoms with van der Waals surface area (Å²) in [6.45, 7) is 0. The minimum Gasteiger partial charge on any atom is -0.481 e. The monoisotopic (exact) mass is 206 g/mol. The second kappa shape index (κ2) is 7.55. The molecule has 4 heteroatoms. The van der Waals surface area contributed by atoms with E-state index < -0.39 is 5.97 Å². The molecule has 2 nitrogen and oxygen atoms in total. The summed E-state index contributed by atoms with van der Waals surface area (Å²) in [5.41, 5.74) is 0. The maximum absolute atomic E-state index is 10.1. The van der Waals surface area contributed by atoms with Gasteiger partial charge in [0.2, 0.25) is 0 Å². The van der Waals surface area contributed by atoms with E-state index in [4.69, 9.17) is 17.3 Å². The van der Waals surface area contributed by atoms with Gasteiger partial charge in [0.15, 0.2) is 0 Å². The van der Waals surface area contributed by atoms with E-state index >= 15 is 0 Å². The van der Waals surface area contributed by atoms with Crippen molar-refractivity contribution in [2.45, 2.75) is 32.1 Å². The molecule has 0 fully saturated rings. The van der Waals surface area contributed by atoms with Crippen LogP contribution in [-0.2, 0) is 4.79 Å². The summed E-state index contributed by atoms with van der Waals surface area (Å²) >= 11 is 9.09. The van der Waals surface area contributed by atoms with E-state index in [0.29, 0.717) is 0 Å². The Morgan fingerprint density at radius 3 is 2.33 bits per heavy atom. The van der Waals surface area contributed by atoms with Gasteiger partial charge in [0, 0.05) is 6.42 Å². The summed E-state index contributed by atoms with van der Waals surface area (Å²) in [4.78, 5) is 11.1. The van der Waals surface area contributed by atoms with Crippen molar-refractivity contribution >= 4 is 35.7 Å². The number of carbonyl (C=O) groups is 1. The van der Waals surface area contributed by atoms with E-state index in [-0.39, 0.29) is 6.42 Å². The summed E-state index contributed by atoms with van der Waals surface area (Å²) in [5, 5.41) is 8.34. The molecule has 70 valence electrons. The molecule has 0 saturated carbocycles. The highest BCUT2D eigenvalue weighted by Gasteiger charge is 1.98. The predicted molar refractivity (Wildman–Crippen MR) is 57.2 cm³/mol. The van der Waals surface area contributed by atoms with Crippen LogP contribution in [-0.4, -0.2) is 21.7 Å². The van der Waals surface area contributed by atoms with Crippen molar-refractivity contribution in [2.75, 3.05) is 5.75 Å². The smallest absolute Gasteiger partial charge is 0.303 e. The van der Waals surface area contributed by atoms with E-state index in [1.54, 1.807) is 0 Å². The number of carboxylic acid groups (broad SMARTS) is 1. The van der Waals surface area contributed by atoms with Gasteiger partial charge in [-0.3, -0.25) is 4.79 Å². The van der Waals surface area contributed by atoms with Crippen LogP contribution in [0.1, 0.15) is 32.1 Å².